The van der Waals surface area contributed by atoms with E-state index < -0.39 is 16.9 Å². The molecule has 0 spiro atoms. The number of nitro groups is 1. The van der Waals surface area contributed by atoms with Crippen molar-refractivity contribution < 1.29 is 24.0 Å². The first kappa shape index (κ1) is 20.3. The van der Waals surface area contributed by atoms with Crippen LogP contribution in [0.3, 0.4) is 0 Å². The Kier molecular flexibility index (Phi) is 5.48. The summed E-state index contributed by atoms with van der Waals surface area (Å²) in [6, 6.07) is 13.7. The molecule has 1 fully saturated rings. The summed E-state index contributed by atoms with van der Waals surface area (Å²) in [6.07, 6.45) is 2.07. The van der Waals surface area contributed by atoms with E-state index in [2.05, 4.69) is 5.10 Å². The molecule has 0 radical (unpaired) electrons. The lowest BCUT2D eigenvalue weighted by atomic mass is 10.2. The summed E-state index contributed by atoms with van der Waals surface area (Å²) in [6.45, 7) is 2.02. The third kappa shape index (κ3) is 4.45. The van der Waals surface area contributed by atoms with Gasteiger partial charge in [0.2, 0.25) is 0 Å². The number of carbonyl (C=O) groups is 2. The molecule has 1 heterocycles. The SMILES string of the molecule is CCOC(=O)c1cc(C2CC2)n(-c2ccc(C(=O)Oc3ccc([N+](=O)[O-])cc3)cc2)n1. The number of rotatable bonds is 7. The van der Waals surface area contributed by atoms with Crippen LogP contribution >= 0.6 is 0 Å². The van der Waals surface area contributed by atoms with Crippen LogP contribution in [0.1, 0.15) is 52.2 Å². The number of nitro benzene ring substituents is 1. The van der Waals surface area contributed by atoms with Crippen LogP contribution in [0.5, 0.6) is 5.75 Å². The average molecular weight is 421 g/mol. The fraction of sp³-hybridized carbons (Fsp3) is 0.227. The summed E-state index contributed by atoms with van der Waals surface area (Å²) in [7, 11) is 0. The van der Waals surface area contributed by atoms with Crippen molar-refractivity contribution in [2.24, 2.45) is 0 Å². The highest BCUT2D eigenvalue weighted by atomic mass is 16.6. The molecule has 1 saturated carbocycles. The summed E-state index contributed by atoms with van der Waals surface area (Å²) < 4.78 is 12.0. The van der Waals surface area contributed by atoms with E-state index in [1.807, 2.05) is 0 Å². The molecular weight excluding hydrogens is 402 g/mol. The highest BCUT2D eigenvalue weighted by molar-refractivity contribution is 5.91. The first-order valence-corrected chi connectivity index (χ1v) is 9.80. The summed E-state index contributed by atoms with van der Waals surface area (Å²) >= 11 is 0. The van der Waals surface area contributed by atoms with Gasteiger partial charge in [-0.1, -0.05) is 0 Å². The first-order chi connectivity index (χ1) is 15.0. The number of nitrogens with zero attached hydrogens (tertiary/aromatic N) is 3. The van der Waals surface area contributed by atoms with Crippen LogP contribution < -0.4 is 4.74 Å². The molecule has 3 aromatic rings. The number of benzene rings is 2. The molecule has 2 aromatic carbocycles. The molecule has 9 nitrogen and oxygen atoms in total. The zero-order valence-electron chi connectivity index (χ0n) is 16.7. The zero-order valence-corrected chi connectivity index (χ0v) is 16.7. The van der Waals surface area contributed by atoms with Crippen LogP contribution in [0, 0.1) is 10.1 Å². The van der Waals surface area contributed by atoms with Crippen molar-refractivity contribution in [3.05, 3.63) is 81.7 Å². The largest absolute Gasteiger partial charge is 0.461 e. The van der Waals surface area contributed by atoms with Crippen LogP contribution in [0.4, 0.5) is 5.69 Å². The minimum Gasteiger partial charge on any atom is -0.461 e. The predicted molar refractivity (Wildman–Crippen MR) is 110 cm³/mol. The number of non-ortho nitro benzene ring substituents is 1. The second-order valence-electron chi connectivity index (χ2n) is 7.05. The van der Waals surface area contributed by atoms with Gasteiger partial charge in [-0.25, -0.2) is 14.3 Å². The molecule has 0 N–H and O–H groups in total. The molecule has 1 aromatic heterocycles. The van der Waals surface area contributed by atoms with E-state index >= 15 is 0 Å². The molecule has 0 amide bonds. The Labute approximate surface area is 177 Å². The predicted octanol–water partition coefficient (Wildman–Crippen LogP) is 4.05. The smallest absolute Gasteiger partial charge is 0.358 e. The third-order valence-corrected chi connectivity index (χ3v) is 4.82. The van der Waals surface area contributed by atoms with E-state index in [0.29, 0.717) is 17.2 Å². The molecule has 0 aliphatic heterocycles. The van der Waals surface area contributed by atoms with Crippen molar-refractivity contribution >= 4 is 17.6 Å². The van der Waals surface area contributed by atoms with Gasteiger partial charge in [0, 0.05) is 23.7 Å². The summed E-state index contributed by atoms with van der Waals surface area (Å²) in [4.78, 5) is 34.6. The summed E-state index contributed by atoms with van der Waals surface area (Å²) in [5.41, 5.74) is 2.13. The average Bonchev–Trinajstić information content (AvgIpc) is 3.52. The Morgan fingerprint density at radius 3 is 2.35 bits per heavy atom. The minimum absolute atomic E-state index is 0.0861. The molecule has 4 rings (SSSR count). The standard InChI is InChI=1S/C22H19N3O6/c1-2-30-22(27)19-13-20(14-3-4-14)24(23-19)16-7-5-15(6-8-16)21(26)31-18-11-9-17(10-12-18)25(28)29/h5-14H,2-4H2,1H3. The van der Waals surface area contributed by atoms with Crippen molar-refractivity contribution in [3.63, 3.8) is 0 Å². The molecule has 0 atom stereocenters. The lowest BCUT2D eigenvalue weighted by Crippen LogP contribution is -2.09. The van der Waals surface area contributed by atoms with E-state index in [1.54, 1.807) is 41.9 Å². The van der Waals surface area contributed by atoms with E-state index in [9.17, 15) is 19.7 Å². The van der Waals surface area contributed by atoms with Crippen LogP contribution in [0.25, 0.3) is 5.69 Å². The first-order valence-electron chi connectivity index (χ1n) is 9.80. The van der Waals surface area contributed by atoms with Crippen molar-refractivity contribution in [2.75, 3.05) is 6.61 Å². The van der Waals surface area contributed by atoms with Gasteiger partial charge in [0.05, 0.1) is 22.8 Å². The maximum absolute atomic E-state index is 12.4. The lowest BCUT2D eigenvalue weighted by molar-refractivity contribution is -0.384. The van der Waals surface area contributed by atoms with Gasteiger partial charge in [-0.2, -0.15) is 5.10 Å². The molecule has 0 saturated heterocycles. The number of esters is 2. The fourth-order valence-electron chi connectivity index (χ4n) is 3.12. The normalized spacial score (nSPS) is 12.9. The number of aromatic nitrogens is 2. The van der Waals surface area contributed by atoms with E-state index in [1.165, 1.54) is 24.3 Å². The Morgan fingerprint density at radius 2 is 1.77 bits per heavy atom. The highest BCUT2D eigenvalue weighted by Gasteiger charge is 2.30. The number of hydrogen-bond acceptors (Lipinski definition) is 7. The lowest BCUT2D eigenvalue weighted by Gasteiger charge is -2.08. The van der Waals surface area contributed by atoms with Gasteiger partial charge in [-0.05, 0) is 62.2 Å². The van der Waals surface area contributed by atoms with Gasteiger partial charge in [0.15, 0.2) is 5.69 Å². The van der Waals surface area contributed by atoms with Crippen molar-refractivity contribution in [3.8, 4) is 11.4 Å². The summed E-state index contributed by atoms with van der Waals surface area (Å²) in [5.74, 6) is -0.494. The Morgan fingerprint density at radius 1 is 1.10 bits per heavy atom. The Hall–Kier alpha value is -4.01. The monoisotopic (exact) mass is 421 g/mol. The van der Waals surface area contributed by atoms with Crippen molar-refractivity contribution in [2.45, 2.75) is 25.7 Å². The molecule has 0 unspecified atom stereocenters. The second kappa shape index (κ2) is 8.39. The van der Waals surface area contributed by atoms with Gasteiger partial charge < -0.3 is 9.47 Å². The topological polar surface area (TPSA) is 114 Å². The minimum atomic E-state index is -0.588. The van der Waals surface area contributed by atoms with E-state index in [-0.39, 0.29) is 23.7 Å². The van der Waals surface area contributed by atoms with Gasteiger partial charge in [0.1, 0.15) is 5.75 Å². The number of ether oxygens (including phenoxy) is 2. The Balaban J connectivity index is 1.52. The summed E-state index contributed by atoms with van der Waals surface area (Å²) in [5, 5.41) is 15.1. The van der Waals surface area contributed by atoms with Gasteiger partial charge in [-0.3, -0.25) is 10.1 Å². The number of hydrogen-bond donors (Lipinski definition) is 0. The molecule has 1 aliphatic carbocycles. The molecule has 1 aliphatic rings. The van der Waals surface area contributed by atoms with Crippen molar-refractivity contribution in [1.82, 2.24) is 9.78 Å². The maximum atomic E-state index is 12.4. The van der Waals surface area contributed by atoms with E-state index in [4.69, 9.17) is 9.47 Å². The van der Waals surface area contributed by atoms with Gasteiger partial charge >= 0.3 is 11.9 Å². The zero-order chi connectivity index (χ0) is 22.0. The van der Waals surface area contributed by atoms with Crippen LogP contribution in [0.2, 0.25) is 0 Å². The van der Waals surface area contributed by atoms with Gasteiger partial charge in [0.25, 0.3) is 5.69 Å². The third-order valence-electron chi connectivity index (χ3n) is 4.82. The van der Waals surface area contributed by atoms with Crippen LogP contribution in [0.15, 0.2) is 54.6 Å². The quantitative estimate of drug-likeness (QED) is 0.245. The van der Waals surface area contributed by atoms with E-state index in [0.717, 1.165) is 18.5 Å². The highest BCUT2D eigenvalue weighted by Crippen LogP contribution is 2.41. The van der Waals surface area contributed by atoms with Crippen LogP contribution in [-0.2, 0) is 4.74 Å². The number of carbonyl (C=O) groups excluding carboxylic acids is 2. The molecule has 0 bridgehead atoms. The van der Waals surface area contributed by atoms with Crippen LogP contribution in [-0.4, -0.2) is 33.2 Å². The molecule has 31 heavy (non-hydrogen) atoms. The molecular formula is C22H19N3O6. The van der Waals surface area contributed by atoms with Gasteiger partial charge in [-0.15, -0.1) is 0 Å². The van der Waals surface area contributed by atoms with Crippen molar-refractivity contribution in [1.29, 1.82) is 0 Å². The Bertz CT molecular complexity index is 1130. The molecule has 158 valence electrons. The maximum Gasteiger partial charge on any atom is 0.358 e. The fourth-order valence-corrected chi connectivity index (χ4v) is 3.12. The molecule has 9 heteroatoms. The second-order valence-corrected chi connectivity index (χ2v) is 7.05.